The summed E-state index contributed by atoms with van der Waals surface area (Å²) in [5.41, 5.74) is 6.71. The minimum absolute atomic E-state index is 0.0166. The number of phenolic OH excluding ortho intramolecular Hbond substituents is 1. The Balaban J connectivity index is 0.000000187. The number of para-hydroxylation sites is 1. The van der Waals surface area contributed by atoms with E-state index in [1.54, 1.807) is 6.07 Å². The van der Waals surface area contributed by atoms with E-state index in [4.69, 9.17) is 27.0 Å². The van der Waals surface area contributed by atoms with Crippen LogP contribution in [0.2, 0.25) is 5.02 Å². The highest BCUT2D eigenvalue weighted by molar-refractivity contribution is 7.86. The molecule has 0 amide bonds. The zero-order valence-electron chi connectivity index (χ0n) is 13.5. The number of aromatic nitrogens is 2. The molecule has 3 rings (SSSR count). The van der Waals surface area contributed by atoms with Gasteiger partial charge in [0.25, 0.3) is 15.7 Å². The Hall–Kier alpha value is -2.75. The summed E-state index contributed by atoms with van der Waals surface area (Å²) >= 11 is 5.46. The second-order valence-electron chi connectivity index (χ2n) is 5.27. The number of aromatic hydroxyl groups is 1. The van der Waals surface area contributed by atoms with E-state index in [1.165, 1.54) is 10.7 Å². The number of hydrogen-bond donors (Lipinski definition) is 4. The average Bonchev–Trinajstić information content (AvgIpc) is 2.90. The first-order chi connectivity index (χ1) is 12.1. The number of halogens is 1. The lowest BCUT2D eigenvalue weighted by atomic mass is 10.3. The maximum Gasteiger partial charge on any atom is 0.298 e. The number of nitrogen functional groups attached to an aromatic ring is 1. The van der Waals surface area contributed by atoms with Crippen molar-refractivity contribution in [3.63, 3.8) is 0 Å². The standard InChI is InChI=1S/C10H10N2O.C6H6ClNO4S/c1-8-7-10(13)12(11-8)9-5-3-2-4-6-9;7-3-1-4(8)6(9)5(2-3)13(10,11)12/h2-7,11H,1H3;1-2,9H,8H2,(H,10,11,12). The number of aromatic amines is 1. The average molecular weight is 398 g/mol. The molecule has 1 aromatic heterocycles. The highest BCUT2D eigenvalue weighted by Crippen LogP contribution is 2.32. The molecule has 0 aliphatic rings. The summed E-state index contributed by atoms with van der Waals surface area (Å²) in [5, 5.41) is 12.1. The fourth-order valence-electron chi connectivity index (χ4n) is 2.07. The van der Waals surface area contributed by atoms with Gasteiger partial charge in [-0.05, 0) is 31.2 Å². The maximum absolute atomic E-state index is 11.4. The van der Waals surface area contributed by atoms with Gasteiger partial charge in [0.1, 0.15) is 4.90 Å². The number of hydrogen-bond acceptors (Lipinski definition) is 5. The van der Waals surface area contributed by atoms with Crippen LogP contribution in [0.15, 0.2) is 58.2 Å². The van der Waals surface area contributed by atoms with E-state index >= 15 is 0 Å². The van der Waals surface area contributed by atoms with Crippen LogP contribution < -0.4 is 11.3 Å². The van der Waals surface area contributed by atoms with E-state index < -0.39 is 20.8 Å². The Labute approximate surface area is 154 Å². The predicted molar refractivity (Wildman–Crippen MR) is 98.5 cm³/mol. The van der Waals surface area contributed by atoms with Crippen LogP contribution in [-0.2, 0) is 10.1 Å². The van der Waals surface area contributed by atoms with Gasteiger partial charge < -0.3 is 10.8 Å². The highest BCUT2D eigenvalue weighted by Gasteiger charge is 2.18. The zero-order valence-corrected chi connectivity index (χ0v) is 15.1. The fraction of sp³-hybridized carbons (Fsp3) is 0.0625. The summed E-state index contributed by atoms with van der Waals surface area (Å²) in [6, 6.07) is 13.1. The molecule has 26 heavy (non-hydrogen) atoms. The lowest BCUT2D eigenvalue weighted by Crippen LogP contribution is -2.12. The Bertz CT molecular complexity index is 1080. The van der Waals surface area contributed by atoms with Crippen molar-refractivity contribution in [1.82, 2.24) is 9.78 Å². The van der Waals surface area contributed by atoms with E-state index in [9.17, 15) is 13.2 Å². The van der Waals surface area contributed by atoms with Crippen molar-refractivity contribution in [1.29, 1.82) is 0 Å². The molecule has 1 heterocycles. The van der Waals surface area contributed by atoms with Gasteiger partial charge in [-0.15, -0.1) is 0 Å². The summed E-state index contributed by atoms with van der Waals surface area (Å²) in [5.74, 6) is -0.702. The molecular weight excluding hydrogens is 382 g/mol. The first-order valence-electron chi connectivity index (χ1n) is 7.19. The first kappa shape index (κ1) is 19.6. The largest absolute Gasteiger partial charge is 0.504 e. The van der Waals surface area contributed by atoms with Gasteiger partial charge >= 0.3 is 0 Å². The van der Waals surface area contributed by atoms with E-state index in [-0.39, 0.29) is 16.3 Å². The van der Waals surface area contributed by atoms with Gasteiger partial charge in [0.05, 0.1) is 11.4 Å². The number of anilines is 1. The smallest absolute Gasteiger partial charge is 0.298 e. The summed E-state index contributed by atoms with van der Waals surface area (Å²) in [4.78, 5) is 10.7. The molecule has 0 saturated carbocycles. The number of H-pyrrole nitrogens is 1. The SMILES string of the molecule is Cc1cc(=O)n(-c2ccccc2)[nH]1.Nc1cc(Cl)cc(S(=O)(=O)O)c1O. The minimum Gasteiger partial charge on any atom is -0.504 e. The molecule has 0 saturated heterocycles. The highest BCUT2D eigenvalue weighted by atomic mass is 35.5. The number of aryl methyl sites for hydroxylation is 1. The molecule has 0 fully saturated rings. The summed E-state index contributed by atoms with van der Waals surface area (Å²) < 4.78 is 31.4. The van der Waals surface area contributed by atoms with Gasteiger partial charge in [-0.2, -0.15) is 8.42 Å². The van der Waals surface area contributed by atoms with Crippen LogP contribution in [0.3, 0.4) is 0 Å². The minimum atomic E-state index is -4.49. The van der Waals surface area contributed by atoms with Crippen LogP contribution >= 0.6 is 11.6 Å². The monoisotopic (exact) mass is 397 g/mol. The van der Waals surface area contributed by atoms with E-state index in [0.717, 1.165) is 17.4 Å². The predicted octanol–water partition coefficient (Wildman–Crippen LogP) is 2.35. The van der Waals surface area contributed by atoms with Crippen molar-refractivity contribution < 1.29 is 18.1 Å². The van der Waals surface area contributed by atoms with Crippen molar-refractivity contribution in [3.05, 3.63) is 69.6 Å². The van der Waals surface area contributed by atoms with Crippen LogP contribution in [0.5, 0.6) is 5.75 Å². The zero-order chi connectivity index (χ0) is 19.5. The summed E-state index contributed by atoms with van der Waals surface area (Å²) in [6.07, 6.45) is 0. The van der Waals surface area contributed by atoms with Crippen LogP contribution in [0.4, 0.5) is 5.69 Å². The second kappa shape index (κ2) is 7.65. The molecule has 5 N–H and O–H groups in total. The van der Waals surface area contributed by atoms with Crippen molar-refractivity contribution in [3.8, 4) is 11.4 Å². The fourth-order valence-corrected chi connectivity index (χ4v) is 3.00. The normalized spacial score (nSPS) is 10.9. The van der Waals surface area contributed by atoms with E-state index in [1.807, 2.05) is 37.3 Å². The Morgan fingerprint density at radius 1 is 1.15 bits per heavy atom. The van der Waals surface area contributed by atoms with Gasteiger partial charge in [0.2, 0.25) is 0 Å². The molecule has 138 valence electrons. The first-order valence-corrected chi connectivity index (χ1v) is 9.01. The second-order valence-corrected chi connectivity index (χ2v) is 7.09. The van der Waals surface area contributed by atoms with Crippen LogP contribution in [-0.4, -0.2) is 27.9 Å². The molecule has 8 nitrogen and oxygen atoms in total. The van der Waals surface area contributed by atoms with Gasteiger partial charge in [-0.3, -0.25) is 14.4 Å². The number of benzene rings is 2. The quantitative estimate of drug-likeness (QED) is 0.297. The van der Waals surface area contributed by atoms with Crippen LogP contribution in [0, 0.1) is 6.92 Å². The maximum atomic E-state index is 11.4. The van der Waals surface area contributed by atoms with Crippen molar-refractivity contribution in [2.24, 2.45) is 0 Å². The van der Waals surface area contributed by atoms with Gasteiger partial charge in [0, 0.05) is 16.8 Å². The van der Waals surface area contributed by atoms with Crippen molar-refractivity contribution in [2.75, 3.05) is 5.73 Å². The van der Waals surface area contributed by atoms with Gasteiger partial charge in [-0.25, -0.2) is 4.68 Å². The molecule has 2 aromatic carbocycles. The Morgan fingerprint density at radius 3 is 2.27 bits per heavy atom. The third kappa shape index (κ3) is 4.66. The molecule has 3 aromatic rings. The van der Waals surface area contributed by atoms with Crippen molar-refractivity contribution >= 4 is 27.4 Å². The summed E-state index contributed by atoms with van der Waals surface area (Å²) in [6.45, 7) is 1.86. The summed E-state index contributed by atoms with van der Waals surface area (Å²) in [7, 11) is -4.49. The molecule has 0 aliphatic carbocycles. The number of nitrogens with one attached hydrogen (secondary N) is 1. The number of phenols is 1. The van der Waals surface area contributed by atoms with Gasteiger partial charge in [0.15, 0.2) is 5.75 Å². The number of rotatable bonds is 2. The Morgan fingerprint density at radius 2 is 1.77 bits per heavy atom. The topological polar surface area (TPSA) is 138 Å². The van der Waals surface area contributed by atoms with Crippen LogP contribution in [0.25, 0.3) is 5.69 Å². The molecule has 0 bridgehead atoms. The molecule has 0 radical (unpaired) electrons. The van der Waals surface area contributed by atoms with Crippen LogP contribution in [0.1, 0.15) is 5.69 Å². The van der Waals surface area contributed by atoms with E-state index in [0.29, 0.717) is 0 Å². The lowest BCUT2D eigenvalue weighted by Gasteiger charge is -2.04. The third-order valence-electron chi connectivity index (χ3n) is 3.21. The molecule has 0 spiro atoms. The van der Waals surface area contributed by atoms with Crippen molar-refractivity contribution in [2.45, 2.75) is 11.8 Å². The van der Waals surface area contributed by atoms with Gasteiger partial charge in [-0.1, -0.05) is 29.8 Å². The molecular formula is C16H16ClN3O5S. The third-order valence-corrected chi connectivity index (χ3v) is 4.30. The molecule has 0 unspecified atom stereocenters. The number of nitrogens with two attached hydrogens (primary N) is 1. The Kier molecular flexibility index (Phi) is 5.76. The molecule has 0 atom stereocenters. The van der Waals surface area contributed by atoms with E-state index in [2.05, 4.69) is 5.10 Å². The lowest BCUT2D eigenvalue weighted by molar-refractivity contribution is 0.445. The molecule has 0 aliphatic heterocycles. The molecule has 10 heteroatoms. The number of nitrogens with zero attached hydrogens (tertiary/aromatic N) is 1.